The standard InChI is InChI=1S/C25H31BrClN3O2/c1-5-17(6-2)19-11-12-20(27)23-24(19)30(14-8-9-22(31)32-7-3)25(29-23)28-21-13-10-18(26)15-16(21)4/h10-13,15,17H,5-9,14H2,1-4H3,(H,28,29). The fourth-order valence-corrected chi connectivity index (χ4v) is 4.78. The van der Waals surface area contributed by atoms with Gasteiger partial charge in [0.25, 0.3) is 0 Å². The van der Waals surface area contributed by atoms with Gasteiger partial charge in [-0.2, -0.15) is 0 Å². The van der Waals surface area contributed by atoms with Crippen molar-refractivity contribution in [2.45, 2.75) is 65.8 Å². The number of aromatic nitrogens is 2. The molecule has 0 saturated heterocycles. The Hall–Kier alpha value is -2.05. The Kier molecular flexibility index (Phi) is 8.60. The van der Waals surface area contributed by atoms with Crippen molar-refractivity contribution < 1.29 is 9.53 Å². The zero-order valence-electron chi connectivity index (χ0n) is 19.2. The van der Waals surface area contributed by atoms with Crippen molar-refractivity contribution in [3.05, 3.63) is 51.0 Å². The number of anilines is 2. The molecule has 0 aliphatic rings. The third-order valence-electron chi connectivity index (χ3n) is 5.80. The summed E-state index contributed by atoms with van der Waals surface area (Å²) >= 11 is 10.1. The van der Waals surface area contributed by atoms with Crippen molar-refractivity contribution >= 4 is 56.2 Å². The predicted molar refractivity (Wildman–Crippen MR) is 136 cm³/mol. The quantitative estimate of drug-likeness (QED) is 0.278. The number of ether oxygens (including phenoxy) is 1. The van der Waals surface area contributed by atoms with Gasteiger partial charge in [0.2, 0.25) is 5.95 Å². The molecule has 1 aromatic heterocycles. The number of esters is 1. The number of hydrogen-bond donors (Lipinski definition) is 1. The van der Waals surface area contributed by atoms with Crippen LogP contribution in [0.1, 0.15) is 63.5 Å². The Morgan fingerprint density at radius 3 is 2.62 bits per heavy atom. The molecular formula is C25H31BrClN3O2. The number of rotatable bonds is 10. The molecule has 7 heteroatoms. The number of imidazole rings is 1. The third-order valence-corrected chi connectivity index (χ3v) is 6.60. The molecule has 3 rings (SSSR count). The van der Waals surface area contributed by atoms with Gasteiger partial charge >= 0.3 is 5.97 Å². The molecule has 0 fully saturated rings. The average molecular weight is 521 g/mol. The van der Waals surface area contributed by atoms with E-state index < -0.39 is 0 Å². The number of benzene rings is 2. The lowest BCUT2D eigenvalue weighted by atomic mass is 9.93. The van der Waals surface area contributed by atoms with Gasteiger partial charge in [-0.25, -0.2) is 4.98 Å². The first-order chi connectivity index (χ1) is 15.4. The molecule has 0 aliphatic carbocycles. The number of nitrogens with zero attached hydrogens (tertiary/aromatic N) is 2. The number of aryl methyl sites for hydroxylation is 2. The zero-order valence-corrected chi connectivity index (χ0v) is 21.5. The summed E-state index contributed by atoms with van der Waals surface area (Å²) < 4.78 is 8.32. The molecule has 0 spiro atoms. The minimum atomic E-state index is -0.173. The van der Waals surface area contributed by atoms with Gasteiger partial charge < -0.3 is 14.6 Å². The fraction of sp³-hybridized carbons (Fsp3) is 0.440. The highest BCUT2D eigenvalue weighted by Crippen LogP contribution is 2.37. The monoisotopic (exact) mass is 519 g/mol. The lowest BCUT2D eigenvalue weighted by Gasteiger charge is -2.18. The molecule has 3 aromatic rings. The van der Waals surface area contributed by atoms with Crippen LogP contribution in [0.4, 0.5) is 11.6 Å². The first kappa shape index (κ1) is 24.6. The first-order valence-electron chi connectivity index (χ1n) is 11.3. The number of carbonyl (C=O) groups is 1. The molecule has 1 heterocycles. The van der Waals surface area contributed by atoms with Gasteiger partial charge in [-0.15, -0.1) is 0 Å². The highest BCUT2D eigenvalue weighted by atomic mass is 79.9. The van der Waals surface area contributed by atoms with Crippen LogP contribution in [0.15, 0.2) is 34.8 Å². The Balaban J connectivity index is 2.08. The van der Waals surface area contributed by atoms with Crippen molar-refractivity contribution in [3.63, 3.8) is 0 Å². The van der Waals surface area contributed by atoms with Gasteiger partial charge in [-0.05, 0) is 74.4 Å². The fourth-order valence-electron chi connectivity index (χ4n) is 4.11. The minimum Gasteiger partial charge on any atom is -0.466 e. The normalized spacial score (nSPS) is 11.3. The predicted octanol–water partition coefficient (Wildman–Crippen LogP) is 7.75. The Labute approximate surface area is 203 Å². The van der Waals surface area contributed by atoms with E-state index in [1.54, 1.807) is 0 Å². The van der Waals surface area contributed by atoms with Crippen LogP contribution in [-0.2, 0) is 16.1 Å². The number of hydrogen-bond acceptors (Lipinski definition) is 4. The van der Waals surface area contributed by atoms with Crippen LogP contribution in [0.3, 0.4) is 0 Å². The molecule has 0 unspecified atom stereocenters. The van der Waals surface area contributed by atoms with E-state index in [2.05, 4.69) is 58.7 Å². The summed E-state index contributed by atoms with van der Waals surface area (Å²) in [5.74, 6) is 0.973. The summed E-state index contributed by atoms with van der Waals surface area (Å²) in [5, 5.41) is 4.14. The van der Waals surface area contributed by atoms with Crippen LogP contribution in [0.25, 0.3) is 11.0 Å². The maximum absolute atomic E-state index is 11.9. The molecule has 172 valence electrons. The summed E-state index contributed by atoms with van der Waals surface area (Å²) in [6.45, 7) is 9.34. The van der Waals surface area contributed by atoms with E-state index >= 15 is 0 Å². The molecule has 1 N–H and O–H groups in total. The minimum absolute atomic E-state index is 0.173. The lowest BCUT2D eigenvalue weighted by Crippen LogP contribution is -2.10. The van der Waals surface area contributed by atoms with Crippen molar-refractivity contribution in [2.24, 2.45) is 0 Å². The Morgan fingerprint density at radius 2 is 1.97 bits per heavy atom. The first-order valence-corrected chi connectivity index (χ1v) is 12.4. The van der Waals surface area contributed by atoms with Crippen molar-refractivity contribution in [1.82, 2.24) is 9.55 Å². The summed E-state index contributed by atoms with van der Waals surface area (Å²) in [6.07, 6.45) is 3.10. The number of nitrogens with one attached hydrogen (secondary N) is 1. The van der Waals surface area contributed by atoms with Gasteiger partial charge in [-0.3, -0.25) is 4.79 Å². The van der Waals surface area contributed by atoms with E-state index in [-0.39, 0.29) is 5.97 Å². The lowest BCUT2D eigenvalue weighted by molar-refractivity contribution is -0.143. The van der Waals surface area contributed by atoms with Crippen LogP contribution >= 0.6 is 27.5 Å². The third kappa shape index (κ3) is 5.46. The van der Waals surface area contributed by atoms with E-state index in [0.29, 0.717) is 36.9 Å². The maximum atomic E-state index is 11.9. The highest BCUT2D eigenvalue weighted by molar-refractivity contribution is 9.10. The number of halogens is 2. The molecule has 0 amide bonds. The molecule has 32 heavy (non-hydrogen) atoms. The van der Waals surface area contributed by atoms with Crippen molar-refractivity contribution in [2.75, 3.05) is 11.9 Å². The second-order valence-corrected chi connectivity index (χ2v) is 9.25. The summed E-state index contributed by atoms with van der Waals surface area (Å²) in [6, 6.07) is 10.2. The molecule has 0 aliphatic heterocycles. The maximum Gasteiger partial charge on any atom is 0.305 e. The Morgan fingerprint density at radius 1 is 1.22 bits per heavy atom. The largest absolute Gasteiger partial charge is 0.466 e. The summed E-state index contributed by atoms with van der Waals surface area (Å²) in [7, 11) is 0. The topological polar surface area (TPSA) is 56.1 Å². The van der Waals surface area contributed by atoms with Crippen molar-refractivity contribution in [1.29, 1.82) is 0 Å². The molecule has 0 bridgehead atoms. The van der Waals surface area contributed by atoms with E-state index in [1.165, 1.54) is 5.56 Å². The van der Waals surface area contributed by atoms with Crippen molar-refractivity contribution in [3.8, 4) is 0 Å². The van der Waals surface area contributed by atoms with E-state index in [0.717, 1.165) is 45.5 Å². The van der Waals surface area contributed by atoms with E-state index in [9.17, 15) is 4.79 Å². The average Bonchev–Trinajstić information content (AvgIpc) is 3.12. The smallest absolute Gasteiger partial charge is 0.305 e. The second-order valence-electron chi connectivity index (χ2n) is 7.93. The number of carbonyl (C=O) groups excluding carboxylic acids is 1. The second kappa shape index (κ2) is 11.2. The van der Waals surface area contributed by atoms with Crippen LogP contribution in [0.2, 0.25) is 5.02 Å². The van der Waals surface area contributed by atoms with Crippen LogP contribution in [0, 0.1) is 6.92 Å². The molecule has 0 radical (unpaired) electrons. The molecule has 0 atom stereocenters. The molecule has 0 saturated carbocycles. The van der Waals surface area contributed by atoms with Gasteiger partial charge in [0.05, 0.1) is 17.1 Å². The summed E-state index contributed by atoms with van der Waals surface area (Å²) in [4.78, 5) is 16.8. The molecule has 5 nitrogen and oxygen atoms in total. The molecule has 2 aromatic carbocycles. The van der Waals surface area contributed by atoms with Gasteiger partial charge in [0.1, 0.15) is 5.52 Å². The van der Waals surface area contributed by atoms with Gasteiger partial charge in [-0.1, -0.05) is 47.4 Å². The number of fused-ring (bicyclic) bond motifs is 1. The zero-order chi connectivity index (χ0) is 23.3. The van der Waals surface area contributed by atoms with Gasteiger partial charge in [0, 0.05) is 23.1 Å². The van der Waals surface area contributed by atoms with Crippen LogP contribution in [0.5, 0.6) is 0 Å². The highest BCUT2D eigenvalue weighted by Gasteiger charge is 2.21. The Bertz CT molecular complexity index is 1090. The van der Waals surface area contributed by atoms with Crippen LogP contribution in [-0.4, -0.2) is 22.1 Å². The molecular weight excluding hydrogens is 490 g/mol. The van der Waals surface area contributed by atoms with E-state index in [1.807, 2.05) is 25.1 Å². The van der Waals surface area contributed by atoms with Crippen LogP contribution < -0.4 is 5.32 Å². The SMILES string of the molecule is CCOC(=O)CCCn1c(Nc2ccc(Br)cc2C)nc2c(Cl)ccc(C(CC)CC)c21. The summed E-state index contributed by atoms with van der Waals surface area (Å²) in [5.41, 5.74) is 5.18. The van der Waals surface area contributed by atoms with E-state index in [4.69, 9.17) is 21.3 Å². The van der Waals surface area contributed by atoms with Gasteiger partial charge in [0.15, 0.2) is 0 Å².